The number of hydrogen-bond acceptors (Lipinski definition) is 20. The second-order valence-corrected chi connectivity index (χ2v) is 27.8. The molecule has 104 heavy (non-hydrogen) atoms. The third-order valence-electron chi connectivity index (χ3n) is 19.4. The van der Waals surface area contributed by atoms with Crippen molar-refractivity contribution in [2.24, 2.45) is 47.3 Å². The molecule has 7 aromatic carbocycles. The minimum Gasteiger partial charge on any atom is -0.504 e. The minimum absolute atomic E-state index is 0.0220. The third-order valence-corrected chi connectivity index (χ3v) is 19.6. The summed E-state index contributed by atoms with van der Waals surface area (Å²) in [4.78, 5) is 35.6. The quantitative estimate of drug-likeness (QED) is 0.0281. The molecule has 0 aliphatic carbocycles. The van der Waals surface area contributed by atoms with Crippen molar-refractivity contribution >= 4 is 28.4 Å². The molecule has 0 radical (unpaired) electrons. The highest BCUT2D eigenvalue weighted by atomic mass is 35.5. The number of ether oxygens (including phenoxy) is 10. The topological polar surface area (TPSA) is 289 Å². The van der Waals surface area contributed by atoms with Gasteiger partial charge in [0.15, 0.2) is 59.2 Å². The number of nitriles is 1. The molecule has 15 atom stereocenters. The molecule has 0 spiro atoms. The number of hydrogen-bond donors (Lipinski definition) is 6. The van der Waals surface area contributed by atoms with Gasteiger partial charge in [-0.25, -0.2) is 0 Å². The predicted octanol–water partition coefficient (Wildman–Crippen LogP) is 14.8. The third kappa shape index (κ3) is 23.0. The van der Waals surface area contributed by atoms with Crippen LogP contribution in [0.2, 0.25) is 0 Å². The number of phenolic OH excluding ortho intramolecular Hbond substituents is 3. The molecule has 6 fully saturated rings. The number of halogens is 1. The SMILES string of the molecule is CC#N.CC(C)C(=O)c1cc(O)c(O)c(O)c1.CC(C)C(=O)c1cc(OCc2ccccc2)c(OCc2ccccc2)c(OCc2ccccc2)c1.CC1C2COC(O2)C(C)C1C.CC1C2COC(O2)C(C)C1C.Cc1cc(C(=O)Cl)cc(OCc2ccccc2)c1C.OC1C2COC(O2)C(O)C1O. The van der Waals surface area contributed by atoms with Crippen molar-refractivity contribution < 1.29 is 92.4 Å². The Morgan fingerprint density at radius 1 is 0.462 bits per heavy atom. The van der Waals surface area contributed by atoms with Crippen LogP contribution in [0.5, 0.6) is 40.2 Å². The van der Waals surface area contributed by atoms with E-state index >= 15 is 0 Å². The Labute approximate surface area is 616 Å². The first-order valence-electron chi connectivity index (χ1n) is 35.3. The number of aliphatic hydroxyl groups excluding tert-OH is 3. The van der Waals surface area contributed by atoms with E-state index in [-0.39, 0.29) is 48.2 Å². The van der Waals surface area contributed by atoms with Gasteiger partial charge in [0.2, 0.25) is 5.75 Å². The summed E-state index contributed by atoms with van der Waals surface area (Å²) in [6.07, 6.45) is -3.67. The van der Waals surface area contributed by atoms with Crippen LogP contribution in [0.25, 0.3) is 0 Å². The number of aliphatic hydroxyl groups is 3. The van der Waals surface area contributed by atoms with Gasteiger partial charge in [0, 0.05) is 47.3 Å². The van der Waals surface area contributed by atoms with E-state index in [1.54, 1.807) is 44.2 Å². The Balaban J connectivity index is 0.000000185. The van der Waals surface area contributed by atoms with Crippen molar-refractivity contribution in [2.75, 3.05) is 19.8 Å². The maximum atomic E-state index is 12.9. The van der Waals surface area contributed by atoms with Crippen LogP contribution in [0.3, 0.4) is 0 Å². The van der Waals surface area contributed by atoms with E-state index in [0.29, 0.717) is 96.4 Å². The number of carbonyl (C=O) groups is 3. The van der Waals surface area contributed by atoms with E-state index in [0.717, 1.165) is 70.6 Å². The fourth-order valence-corrected chi connectivity index (χ4v) is 12.1. The lowest BCUT2D eigenvalue weighted by molar-refractivity contribution is -0.228. The van der Waals surface area contributed by atoms with Gasteiger partial charge >= 0.3 is 0 Å². The summed E-state index contributed by atoms with van der Waals surface area (Å²) in [7, 11) is 0. The van der Waals surface area contributed by atoms with E-state index < -0.39 is 53.2 Å². The summed E-state index contributed by atoms with van der Waals surface area (Å²) in [5.74, 6) is 3.92. The van der Waals surface area contributed by atoms with Crippen LogP contribution in [0.15, 0.2) is 158 Å². The van der Waals surface area contributed by atoms with Crippen molar-refractivity contribution in [2.45, 2.75) is 172 Å². The molecule has 13 rings (SSSR count). The number of carbonyl (C=O) groups excluding carboxylic acids is 3. The van der Waals surface area contributed by atoms with Crippen LogP contribution in [-0.2, 0) is 54.8 Å². The Bertz CT molecular complexity index is 3640. The van der Waals surface area contributed by atoms with Crippen LogP contribution in [0.1, 0.15) is 141 Å². The molecule has 6 saturated heterocycles. The number of aryl methyl sites for hydroxylation is 1. The fraction of sp³-hybridized carbons (Fsp3) is 0.446. The smallest absolute Gasteiger partial charge is 0.252 e. The number of benzene rings is 7. The molecule has 6 bridgehead atoms. The molecule has 21 heteroatoms. The van der Waals surface area contributed by atoms with Gasteiger partial charge in [-0.15, -0.1) is 0 Å². The number of Topliss-reactive ketones (excluding diaryl/α,β-unsaturated/α-hetero) is 2. The zero-order valence-electron chi connectivity index (χ0n) is 61.6. The standard InChI is InChI=1S/C31H30O4.C16H15ClO2.C10H12O4.2C9H16O2.C6H10O5.C2H3N/c1-23(2)30(32)27-18-28(33-20-24-12-6-3-7-13-24)31(35-22-26-16-10-5-11-17-26)29(19-27)34-21-25-14-8-4-9-15-25;1-11-8-14(16(17)18)9-15(12(11)2)19-10-13-6-4-3-5-7-13;1-5(2)9(13)6-3-7(11)10(14)8(12)4-6;2*1-5-6(2)8-4-10-9(11-8)7(5)3;7-3-2-1-10-6(11-2)5(9)4(3)8;1-2-3/h3-19,23H,20-22H2,1-2H3;3-9H,10H2,1-2H3;3-5,11-12,14H,1-2H3;2*5-9H,4H2,1-3H3;2-9H,1H2;1H3. The van der Waals surface area contributed by atoms with Crippen LogP contribution in [0.4, 0.5) is 0 Å². The first-order valence-corrected chi connectivity index (χ1v) is 35.7. The first kappa shape index (κ1) is 82.9. The molecule has 6 aliphatic heterocycles. The van der Waals surface area contributed by atoms with Gasteiger partial charge in [0.05, 0.1) is 38.1 Å². The van der Waals surface area contributed by atoms with Crippen molar-refractivity contribution in [3.05, 3.63) is 208 Å². The van der Waals surface area contributed by atoms with Gasteiger partial charge in [0.1, 0.15) is 56.6 Å². The van der Waals surface area contributed by atoms with Gasteiger partial charge in [0.25, 0.3) is 5.24 Å². The van der Waals surface area contributed by atoms with Crippen LogP contribution >= 0.6 is 11.6 Å². The van der Waals surface area contributed by atoms with E-state index in [1.165, 1.54) is 6.92 Å². The van der Waals surface area contributed by atoms with Crippen molar-refractivity contribution in [3.63, 3.8) is 0 Å². The van der Waals surface area contributed by atoms with Crippen molar-refractivity contribution in [1.82, 2.24) is 0 Å². The molecular formula is C83H102ClNO19. The second-order valence-electron chi connectivity index (χ2n) is 27.5. The molecule has 7 aromatic rings. The summed E-state index contributed by atoms with van der Waals surface area (Å²) in [5.41, 5.74) is 7.37. The molecule has 0 saturated carbocycles. The van der Waals surface area contributed by atoms with Crippen LogP contribution in [-0.4, -0.2) is 123 Å². The van der Waals surface area contributed by atoms with Gasteiger partial charge < -0.3 is 78.0 Å². The summed E-state index contributed by atoms with van der Waals surface area (Å²) in [6.45, 7) is 29.4. The molecule has 15 unspecified atom stereocenters. The van der Waals surface area contributed by atoms with Crippen molar-refractivity contribution in [1.29, 1.82) is 5.26 Å². The highest BCUT2D eigenvalue weighted by Crippen LogP contribution is 2.43. The average molecular weight is 1450 g/mol. The lowest BCUT2D eigenvalue weighted by Crippen LogP contribution is -2.53. The fourth-order valence-electron chi connectivity index (χ4n) is 12.0. The monoisotopic (exact) mass is 1450 g/mol. The normalized spacial score (nSPS) is 24.9. The molecule has 6 aliphatic rings. The largest absolute Gasteiger partial charge is 0.504 e. The van der Waals surface area contributed by atoms with Gasteiger partial charge in [-0.3, -0.25) is 14.4 Å². The maximum Gasteiger partial charge on any atom is 0.252 e. The molecule has 20 nitrogen and oxygen atoms in total. The summed E-state index contributed by atoms with van der Waals surface area (Å²) in [5, 5.41) is 61.8. The molecule has 0 amide bonds. The van der Waals surface area contributed by atoms with Gasteiger partial charge in [-0.05, 0) is 119 Å². The molecule has 6 N–H and O–H groups in total. The highest BCUT2D eigenvalue weighted by molar-refractivity contribution is 6.67. The summed E-state index contributed by atoms with van der Waals surface area (Å²) < 4.78 is 56.8. The number of fused-ring (bicyclic) bond motifs is 6. The zero-order chi connectivity index (χ0) is 75.9. The van der Waals surface area contributed by atoms with E-state index in [4.69, 9.17) is 84.7 Å². The van der Waals surface area contributed by atoms with E-state index in [1.807, 2.05) is 149 Å². The lowest BCUT2D eigenvalue weighted by Gasteiger charge is -2.35. The molecule has 0 aromatic heterocycles. The van der Waals surface area contributed by atoms with Crippen LogP contribution in [0, 0.1) is 72.5 Å². The maximum absolute atomic E-state index is 12.9. The van der Waals surface area contributed by atoms with Crippen molar-refractivity contribution in [3.8, 4) is 46.3 Å². The van der Waals surface area contributed by atoms with Crippen LogP contribution < -0.4 is 18.9 Å². The number of nitrogens with zero attached hydrogens (tertiary/aromatic N) is 1. The predicted molar refractivity (Wildman–Crippen MR) is 394 cm³/mol. The molecule has 560 valence electrons. The van der Waals surface area contributed by atoms with Gasteiger partial charge in [-0.1, -0.05) is 191 Å². The summed E-state index contributed by atoms with van der Waals surface area (Å²) >= 11 is 5.52. The van der Waals surface area contributed by atoms with E-state index in [2.05, 4.69) is 41.5 Å². The zero-order valence-corrected chi connectivity index (χ0v) is 62.3. The molecular weight excluding hydrogens is 1350 g/mol. The lowest BCUT2D eigenvalue weighted by atomic mass is 9.80. The Kier molecular flexibility index (Phi) is 32.0. The number of aromatic hydroxyl groups is 3. The Morgan fingerprint density at radius 2 is 0.798 bits per heavy atom. The second kappa shape index (κ2) is 40.2. The summed E-state index contributed by atoms with van der Waals surface area (Å²) in [6, 6.07) is 50.7. The first-order chi connectivity index (χ1) is 49.6. The Hall–Kier alpha value is -8.43. The van der Waals surface area contributed by atoms with Gasteiger partial charge in [-0.2, -0.15) is 5.26 Å². The number of rotatable bonds is 17. The van der Waals surface area contributed by atoms with E-state index in [9.17, 15) is 24.6 Å². The molecule has 6 heterocycles. The number of ketones is 2. The highest BCUT2D eigenvalue weighted by Gasteiger charge is 2.49. The minimum atomic E-state index is -1.15. The number of phenols is 3. The average Bonchev–Trinajstić information content (AvgIpc) is 1.37. The Morgan fingerprint density at radius 3 is 1.18 bits per heavy atom.